The zero-order valence-corrected chi connectivity index (χ0v) is 38.9. The molecule has 0 aliphatic carbocycles. The Morgan fingerprint density at radius 1 is 0.448 bits per heavy atom. The molecule has 0 aromatic heterocycles. The highest BCUT2D eigenvalue weighted by Gasteiger charge is 2.07. The first-order chi connectivity index (χ1) is 28.7. The summed E-state index contributed by atoms with van der Waals surface area (Å²) in [5, 5.41) is 13.2. The molecule has 0 heterocycles. The van der Waals surface area contributed by atoms with E-state index in [2.05, 4.69) is 71.2 Å². The van der Waals surface area contributed by atoms with Crippen molar-refractivity contribution in [1.82, 2.24) is 26.2 Å². The van der Waals surface area contributed by atoms with Crippen molar-refractivity contribution >= 4 is 12.7 Å². The summed E-state index contributed by atoms with van der Waals surface area (Å²) >= 11 is 0. The molecule has 0 rings (SSSR count). The summed E-state index contributed by atoms with van der Waals surface area (Å²) in [5.74, 6) is 0.126. The SMILES string of the molecule is C=O.CCCCCCCC/C=C\CCCCCCCOCNCCNCCN(CCC)CCC(=O)NCCNCOCCCCCCC/C=C\CCCCCCCC. The highest BCUT2D eigenvalue weighted by Crippen LogP contribution is 2.11. The second-order valence-electron chi connectivity index (χ2n) is 16.0. The van der Waals surface area contributed by atoms with Crippen molar-refractivity contribution < 1.29 is 19.1 Å². The summed E-state index contributed by atoms with van der Waals surface area (Å²) in [6.45, 7) is 18.5. The van der Waals surface area contributed by atoms with Gasteiger partial charge in [-0.25, -0.2) is 0 Å². The van der Waals surface area contributed by atoms with E-state index < -0.39 is 0 Å². The molecule has 9 nitrogen and oxygen atoms in total. The molecule has 0 aromatic rings. The van der Waals surface area contributed by atoms with E-state index in [-0.39, 0.29) is 5.91 Å². The van der Waals surface area contributed by atoms with E-state index in [1.807, 2.05) is 6.79 Å². The molecule has 0 radical (unpaired) electrons. The van der Waals surface area contributed by atoms with Gasteiger partial charge in [-0.3, -0.25) is 15.4 Å². The summed E-state index contributed by atoms with van der Waals surface area (Å²) in [4.78, 5) is 22.8. The van der Waals surface area contributed by atoms with E-state index in [4.69, 9.17) is 14.3 Å². The third-order valence-electron chi connectivity index (χ3n) is 10.4. The largest absolute Gasteiger partial charge is 0.366 e. The van der Waals surface area contributed by atoms with Gasteiger partial charge in [-0.1, -0.05) is 148 Å². The van der Waals surface area contributed by atoms with Crippen LogP contribution in [0.5, 0.6) is 0 Å². The van der Waals surface area contributed by atoms with Crippen LogP contribution in [0.2, 0.25) is 0 Å². The van der Waals surface area contributed by atoms with Crippen LogP contribution in [-0.2, 0) is 19.1 Å². The molecule has 0 atom stereocenters. The summed E-state index contributed by atoms with van der Waals surface area (Å²) in [5.41, 5.74) is 0. The van der Waals surface area contributed by atoms with Gasteiger partial charge in [-0.05, 0) is 77.2 Å². The summed E-state index contributed by atoms with van der Waals surface area (Å²) < 4.78 is 11.5. The fourth-order valence-corrected chi connectivity index (χ4v) is 6.81. The molecule has 344 valence electrons. The lowest BCUT2D eigenvalue weighted by Crippen LogP contribution is -2.38. The van der Waals surface area contributed by atoms with Crippen LogP contribution in [-0.4, -0.2) is 96.6 Å². The number of nitrogens with zero attached hydrogens (tertiary/aromatic N) is 1. The topological polar surface area (TPSA) is 104 Å². The van der Waals surface area contributed by atoms with Gasteiger partial charge in [0.15, 0.2) is 0 Å². The highest BCUT2D eigenvalue weighted by atomic mass is 16.5. The first-order valence-corrected chi connectivity index (χ1v) is 24.6. The molecule has 0 aromatic carbocycles. The molecule has 0 aliphatic rings. The summed E-state index contributed by atoms with van der Waals surface area (Å²) in [6.07, 6.45) is 45.5. The number of carbonyl (C=O) groups excluding carboxylic acids is 2. The molecular weight excluding hydrogens is 723 g/mol. The molecule has 0 spiro atoms. The standard InChI is InChI=1S/C48H97N5O3.CH2O/c1-4-7-9-11-13-15-17-19-21-23-25-27-29-31-33-44-55-46-50-37-36-49-40-43-53(41-6-3)42-35-48(54)52-39-38-51-47-56-45-34-32-30-28-26-24-22-20-18-16-14-12-10-8-5-2;1-2/h19-22,49-51H,4-18,23-47H2,1-3H3,(H,52,54);1H2/b21-19-,22-20-;. The Labute approximate surface area is 360 Å². The van der Waals surface area contributed by atoms with Crippen molar-refractivity contribution in [2.75, 3.05) is 79.0 Å². The zero-order chi connectivity index (χ0) is 42.5. The number of ether oxygens (including phenoxy) is 2. The first-order valence-electron chi connectivity index (χ1n) is 24.6. The van der Waals surface area contributed by atoms with Crippen LogP contribution >= 0.6 is 0 Å². The van der Waals surface area contributed by atoms with Crippen LogP contribution in [0.3, 0.4) is 0 Å². The molecule has 0 saturated carbocycles. The fraction of sp³-hybridized carbons (Fsp3) is 0.878. The van der Waals surface area contributed by atoms with E-state index >= 15 is 0 Å². The first kappa shape index (κ1) is 58.5. The molecule has 0 fully saturated rings. The number of nitrogens with one attached hydrogen (secondary N) is 4. The fourth-order valence-electron chi connectivity index (χ4n) is 6.81. The summed E-state index contributed by atoms with van der Waals surface area (Å²) in [7, 11) is 0. The smallest absolute Gasteiger partial charge is 0.221 e. The number of amides is 1. The quantitative estimate of drug-likeness (QED) is 0.0273. The Kier molecular flexibility index (Phi) is 55.8. The third kappa shape index (κ3) is 52.4. The second-order valence-corrected chi connectivity index (χ2v) is 16.0. The second kappa shape index (κ2) is 55.4. The van der Waals surface area contributed by atoms with Gasteiger partial charge >= 0.3 is 0 Å². The van der Waals surface area contributed by atoms with Crippen molar-refractivity contribution in [1.29, 1.82) is 0 Å². The third-order valence-corrected chi connectivity index (χ3v) is 10.4. The highest BCUT2D eigenvalue weighted by molar-refractivity contribution is 5.76. The maximum atomic E-state index is 12.4. The van der Waals surface area contributed by atoms with Gasteiger partial charge in [0.1, 0.15) is 6.79 Å². The molecule has 4 N–H and O–H groups in total. The number of allylic oxidation sites excluding steroid dienone is 4. The van der Waals surface area contributed by atoms with Crippen molar-refractivity contribution in [3.8, 4) is 0 Å². The monoisotopic (exact) mass is 822 g/mol. The average molecular weight is 822 g/mol. The Bertz CT molecular complexity index is 831. The Morgan fingerprint density at radius 3 is 1.29 bits per heavy atom. The number of carbonyl (C=O) groups is 2. The lowest BCUT2D eigenvalue weighted by Gasteiger charge is -2.21. The average Bonchev–Trinajstić information content (AvgIpc) is 3.24. The van der Waals surface area contributed by atoms with Crippen LogP contribution in [0, 0.1) is 0 Å². The molecule has 0 bridgehead atoms. The maximum absolute atomic E-state index is 12.4. The molecule has 0 aliphatic heterocycles. The van der Waals surface area contributed by atoms with Crippen LogP contribution in [0.15, 0.2) is 24.3 Å². The van der Waals surface area contributed by atoms with E-state index in [9.17, 15) is 4.79 Å². The van der Waals surface area contributed by atoms with E-state index in [1.54, 1.807) is 0 Å². The number of hydrogen-bond acceptors (Lipinski definition) is 8. The minimum Gasteiger partial charge on any atom is -0.366 e. The Hall–Kier alpha value is -1.62. The van der Waals surface area contributed by atoms with Crippen LogP contribution in [0.25, 0.3) is 0 Å². The van der Waals surface area contributed by atoms with Crippen molar-refractivity contribution in [3.05, 3.63) is 24.3 Å². The van der Waals surface area contributed by atoms with Gasteiger partial charge in [-0.15, -0.1) is 0 Å². The van der Waals surface area contributed by atoms with E-state index in [1.165, 1.54) is 154 Å². The van der Waals surface area contributed by atoms with Gasteiger partial charge < -0.3 is 29.8 Å². The van der Waals surface area contributed by atoms with Crippen LogP contribution < -0.4 is 21.3 Å². The van der Waals surface area contributed by atoms with Crippen LogP contribution in [0.1, 0.15) is 201 Å². The van der Waals surface area contributed by atoms with Crippen molar-refractivity contribution in [3.63, 3.8) is 0 Å². The predicted octanol–water partition coefficient (Wildman–Crippen LogP) is 11.0. The maximum Gasteiger partial charge on any atom is 0.221 e. The Morgan fingerprint density at radius 2 is 0.845 bits per heavy atom. The molecule has 0 unspecified atom stereocenters. The van der Waals surface area contributed by atoms with Gasteiger partial charge in [0.2, 0.25) is 5.91 Å². The minimum atomic E-state index is 0.126. The molecular formula is C49H99N5O4. The predicted molar refractivity (Wildman–Crippen MR) is 252 cm³/mol. The van der Waals surface area contributed by atoms with E-state index in [0.29, 0.717) is 26.4 Å². The number of rotatable bonds is 48. The Balaban J connectivity index is 0. The van der Waals surface area contributed by atoms with Gasteiger partial charge in [0, 0.05) is 65.4 Å². The number of unbranched alkanes of at least 4 members (excludes halogenated alkanes) is 22. The van der Waals surface area contributed by atoms with E-state index in [0.717, 1.165) is 78.3 Å². The molecule has 58 heavy (non-hydrogen) atoms. The van der Waals surface area contributed by atoms with Gasteiger partial charge in [0.25, 0.3) is 0 Å². The minimum absolute atomic E-state index is 0.126. The lowest BCUT2D eigenvalue weighted by molar-refractivity contribution is -0.121. The van der Waals surface area contributed by atoms with Crippen molar-refractivity contribution in [2.45, 2.75) is 201 Å². The lowest BCUT2D eigenvalue weighted by atomic mass is 10.1. The molecule has 1 amide bonds. The van der Waals surface area contributed by atoms with Crippen molar-refractivity contribution in [2.24, 2.45) is 0 Å². The zero-order valence-electron chi connectivity index (χ0n) is 38.9. The van der Waals surface area contributed by atoms with Crippen LogP contribution in [0.4, 0.5) is 0 Å². The molecule has 0 saturated heterocycles. The summed E-state index contributed by atoms with van der Waals surface area (Å²) in [6, 6.07) is 0. The molecule has 9 heteroatoms. The normalized spacial score (nSPS) is 11.6. The van der Waals surface area contributed by atoms with Gasteiger partial charge in [0.05, 0.1) is 13.5 Å². The van der Waals surface area contributed by atoms with Gasteiger partial charge in [-0.2, -0.15) is 0 Å². The number of hydrogen-bond donors (Lipinski definition) is 4.